The van der Waals surface area contributed by atoms with Crippen LogP contribution in [0.5, 0.6) is 0 Å². The Labute approximate surface area is 104 Å². The van der Waals surface area contributed by atoms with Crippen molar-refractivity contribution in [2.24, 2.45) is 4.40 Å². The summed E-state index contributed by atoms with van der Waals surface area (Å²) in [5.41, 5.74) is 0.951. The van der Waals surface area contributed by atoms with E-state index in [4.69, 9.17) is 5.11 Å². The van der Waals surface area contributed by atoms with Crippen molar-refractivity contribution < 1.29 is 14.5 Å². The maximum absolute atomic E-state index is 11.6. The van der Waals surface area contributed by atoms with Crippen molar-refractivity contribution in [1.29, 1.82) is 0 Å². The van der Waals surface area contributed by atoms with Crippen molar-refractivity contribution in [3.05, 3.63) is 35.4 Å². The first-order valence-electron chi connectivity index (χ1n) is 5.10. The molecular formula is C12H15NO3S. The lowest BCUT2D eigenvalue weighted by atomic mass is 10.1. The zero-order valence-electron chi connectivity index (χ0n) is 10.0. The third-order valence-corrected chi connectivity index (χ3v) is 3.32. The van der Waals surface area contributed by atoms with Gasteiger partial charge in [0.2, 0.25) is 0 Å². The van der Waals surface area contributed by atoms with Gasteiger partial charge in [-0.15, -0.1) is 0 Å². The van der Waals surface area contributed by atoms with Crippen LogP contribution in [0.1, 0.15) is 36.7 Å². The Morgan fingerprint density at radius 3 is 2.29 bits per heavy atom. The lowest BCUT2D eigenvalue weighted by Gasteiger charge is -2.17. The molecule has 0 saturated carbocycles. The number of carboxylic acid groups (broad SMARTS) is 1. The zero-order chi connectivity index (χ0) is 13.1. The van der Waals surface area contributed by atoms with Gasteiger partial charge in [0.1, 0.15) is 16.1 Å². The third kappa shape index (κ3) is 4.20. The predicted octanol–water partition coefficient (Wildman–Crippen LogP) is 2.27. The Balaban J connectivity index is 2.76. The van der Waals surface area contributed by atoms with Gasteiger partial charge in [-0.05, 0) is 38.5 Å². The zero-order valence-corrected chi connectivity index (χ0v) is 10.8. The van der Waals surface area contributed by atoms with Gasteiger partial charge in [0, 0.05) is 0 Å². The van der Waals surface area contributed by atoms with Crippen LogP contribution in [-0.4, -0.2) is 26.6 Å². The fourth-order valence-corrected chi connectivity index (χ4v) is 1.51. The number of nitrogens with zero attached hydrogens (tertiary/aromatic N) is 1. The molecule has 1 aromatic carbocycles. The number of carboxylic acids is 1. The summed E-state index contributed by atoms with van der Waals surface area (Å²) in [6.07, 6.45) is 1.49. The van der Waals surface area contributed by atoms with E-state index in [1.807, 2.05) is 20.8 Å². The van der Waals surface area contributed by atoms with Gasteiger partial charge < -0.3 is 9.66 Å². The number of benzene rings is 1. The molecule has 1 rings (SSSR count). The molecule has 92 valence electrons. The second-order valence-corrected chi connectivity index (χ2v) is 6.46. The molecule has 0 unspecified atom stereocenters. The maximum Gasteiger partial charge on any atom is 0.335 e. The summed E-state index contributed by atoms with van der Waals surface area (Å²) in [6.45, 7) is 5.52. The Morgan fingerprint density at radius 1 is 1.35 bits per heavy atom. The first-order valence-corrected chi connectivity index (χ1v) is 6.21. The number of aromatic carboxylic acids is 1. The van der Waals surface area contributed by atoms with Crippen molar-refractivity contribution >= 4 is 23.5 Å². The number of hydrogen-bond donors (Lipinski definition) is 1. The van der Waals surface area contributed by atoms with Crippen LogP contribution >= 0.6 is 0 Å². The summed E-state index contributed by atoms with van der Waals surface area (Å²) in [7, 11) is 0. The molecule has 0 heterocycles. The second kappa shape index (κ2) is 5.33. The lowest BCUT2D eigenvalue weighted by Crippen LogP contribution is -2.25. The molecule has 0 saturated heterocycles. The Bertz CT molecular complexity index is 420. The number of hydrogen-bond acceptors (Lipinski definition) is 3. The number of rotatable bonds is 3. The third-order valence-electron chi connectivity index (χ3n) is 1.98. The average Bonchev–Trinajstić information content (AvgIpc) is 2.25. The average molecular weight is 253 g/mol. The fourth-order valence-electron chi connectivity index (χ4n) is 0.979. The van der Waals surface area contributed by atoms with Gasteiger partial charge in [0.15, 0.2) is 0 Å². The van der Waals surface area contributed by atoms with Crippen LogP contribution in [0.15, 0.2) is 28.7 Å². The van der Waals surface area contributed by atoms with E-state index in [1.54, 1.807) is 12.1 Å². The summed E-state index contributed by atoms with van der Waals surface area (Å²) >= 11 is -1.30. The Morgan fingerprint density at radius 2 is 1.88 bits per heavy atom. The molecule has 0 fully saturated rings. The van der Waals surface area contributed by atoms with E-state index in [0.717, 1.165) is 5.56 Å². The van der Waals surface area contributed by atoms with Gasteiger partial charge in [-0.2, -0.15) is 0 Å². The summed E-state index contributed by atoms with van der Waals surface area (Å²) < 4.78 is 15.2. The van der Waals surface area contributed by atoms with Crippen LogP contribution < -0.4 is 0 Å². The molecule has 0 spiro atoms. The Kier molecular flexibility index (Phi) is 4.31. The van der Waals surface area contributed by atoms with Gasteiger partial charge in [-0.25, -0.2) is 4.79 Å². The molecule has 0 radical (unpaired) electrons. The molecule has 17 heavy (non-hydrogen) atoms. The molecule has 0 aliphatic heterocycles. The number of carbonyl (C=O) groups is 1. The second-order valence-electron chi connectivity index (χ2n) is 4.52. The smallest absolute Gasteiger partial charge is 0.335 e. The Hall–Kier alpha value is -1.33. The highest BCUT2D eigenvalue weighted by atomic mass is 32.2. The summed E-state index contributed by atoms with van der Waals surface area (Å²) in [6, 6.07) is 6.24. The minimum Gasteiger partial charge on any atom is -0.591 e. The SMILES string of the molecule is CC(C)(C)[S@+]([O-])/N=C/c1ccc(C(=O)O)cc1. The molecular weight excluding hydrogens is 238 g/mol. The summed E-state index contributed by atoms with van der Waals surface area (Å²) in [5, 5.41) is 8.72. The molecule has 1 N–H and O–H groups in total. The van der Waals surface area contributed by atoms with Crippen LogP contribution in [0.3, 0.4) is 0 Å². The van der Waals surface area contributed by atoms with Gasteiger partial charge in [-0.3, -0.25) is 0 Å². The van der Waals surface area contributed by atoms with E-state index in [2.05, 4.69) is 4.40 Å². The van der Waals surface area contributed by atoms with E-state index in [-0.39, 0.29) is 5.56 Å². The van der Waals surface area contributed by atoms with Gasteiger partial charge in [0.25, 0.3) is 0 Å². The molecule has 0 aromatic heterocycles. The van der Waals surface area contributed by atoms with Crippen molar-refractivity contribution in [2.75, 3.05) is 0 Å². The van der Waals surface area contributed by atoms with E-state index in [1.165, 1.54) is 18.3 Å². The molecule has 0 aliphatic rings. The topological polar surface area (TPSA) is 72.7 Å². The molecule has 4 nitrogen and oxygen atoms in total. The van der Waals surface area contributed by atoms with Crippen LogP contribution in [0.25, 0.3) is 0 Å². The van der Waals surface area contributed by atoms with Crippen molar-refractivity contribution in [3.63, 3.8) is 0 Å². The molecule has 0 aliphatic carbocycles. The molecule has 5 heteroatoms. The molecule has 1 aromatic rings. The van der Waals surface area contributed by atoms with Crippen molar-refractivity contribution in [2.45, 2.75) is 25.5 Å². The first-order chi connectivity index (χ1) is 7.80. The minimum atomic E-state index is -1.30. The minimum absolute atomic E-state index is 0.221. The molecule has 1 atom stereocenters. The van der Waals surface area contributed by atoms with E-state index >= 15 is 0 Å². The largest absolute Gasteiger partial charge is 0.591 e. The highest BCUT2D eigenvalue weighted by Gasteiger charge is 2.25. The van der Waals surface area contributed by atoms with Crippen molar-refractivity contribution in [3.8, 4) is 0 Å². The van der Waals surface area contributed by atoms with Crippen LogP contribution in [0.4, 0.5) is 0 Å². The van der Waals surface area contributed by atoms with Gasteiger partial charge >= 0.3 is 5.97 Å². The monoisotopic (exact) mass is 253 g/mol. The van der Waals surface area contributed by atoms with Crippen LogP contribution in [0.2, 0.25) is 0 Å². The lowest BCUT2D eigenvalue weighted by molar-refractivity contribution is 0.0697. The maximum atomic E-state index is 11.6. The fraction of sp³-hybridized carbons (Fsp3) is 0.333. The van der Waals surface area contributed by atoms with Crippen LogP contribution in [-0.2, 0) is 11.4 Å². The van der Waals surface area contributed by atoms with Gasteiger partial charge in [0.05, 0.1) is 11.8 Å². The predicted molar refractivity (Wildman–Crippen MR) is 68.9 cm³/mol. The summed E-state index contributed by atoms with van der Waals surface area (Å²) in [4.78, 5) is 10.6. The standard InChI is InChI=1S/C12H15NO3S/c1-12(2,3)17(16)13-8-9-4-6-10(7-5-9)11(14)15/h4-8H,1-3H3,(H,14,15)/b13-8+/t17-/m0/s1. The summed E-state index contributed by atoms with van der Waals surface area (Å²) in [5.74, 6) is -0.966. The first kappa shape index (κ1) is 13.7. The van der Waals surface area contributed by atoms with Crippen molar-refractivity contribution in [1.82, 2.24) is 0 Å². The van der Waals surface area contributed by atoms with Crippen LogP contribution in [0, 0.1) is 0 Å². The highest BCUT2D eigenvalue weighted by molar-refractivity contribution is 7.91. The van der Waals surface area contributed by atoms with E-state index < -0.39 is 22.1 Å². The van der Waals surface area contributed by atoms with E-state index in [9.17, 15) is 9.35 Å². The molecule has 0 bridgehead atoms. The highest BCUT2D eigenvalue weighted by Crippen LogP contribution is 2.16. The van der Waals surface area contributed by atoms with E-state index in [0.29, 0.717) is 0 Å². The van der Waals surface area contributed by atoms with Gasteiger partial charge in [-0.1, -0.05) is 16.5 Å². The molecule has 0 amide bonds. The quantitative estimate of drug-likeness (QED) is 0.663. The normalized spacial score (nSPS) is 13.9.